The van der Waals surface area contributed by atoms with Crippen LogP contribution in [0.15, 0.2) is 35.1 Å². The molecule has 2 aromatic heterocycles. The zero-order valence-corrected chi connectivity index (χ0v) is 17.5. The lowest BCUT2D eigenvalue weighted by atomic mass is 9.83. The lowest BCUT2D eigenvalue weighted by Crippen LogP contribution is -2.44. The second-order valence-electron chi connectivity index (χ2n) is 8.20. The van der Waals surface area contributed by atoms with Crippen molar-refractivity contribution in [2.45, 2.75) is 25.3 Å². The van der Waals surface area contributed by atoms with Gasteiger partial charge in [0.25, 0.3) is 11.5 Å². The number of piperidine rings is 1. The van der Waals surface area contributed by atoms with Crippen molar-refractivity contribution in [3.05, 3.63) is 56.8 Å². The van der Waals surface area contributed by atoms with E-state index >= 15 is 0 Å². The molecule has 5 nitrogen and oxygen atoms in total. The molecule has 5 heterocycles. The SMILES string of the molecule is Cl.O=C1NCCc2c1sc1ccc(-c3cc4n(c(=O)c3)C[C@@H]3CNC[C@H]4C3)cc21. The van der Waals surface area contributed by atoms with Crippen LogP contribution in [0.2, 0.25) is 0 Å². The van der Waals surface area contributed by atoms with Crippen LogP contribution in [-0.2, 0) is 13.0 Å². The first-order valence-electron chi connectivity index (χ1n) is 9.97. The van der Waals surface area contributed by atoms with Crippen LogP contribution in [0.1, 0.15) is 33.3 Å². The molecule has 0 spiro atoms. The van der Waals surface area contributed by atoms with Crippen LogP contribution in [0, 0.1) is 5.92 Å². The number of nitrogens with zero attached hydrogens (tertiary/aromatic N) is 1. The average molecular weight is 428 g/mol. The van der Waals surface area contributed by atoms with Gasteiger partial charge in [-0.3, -0.25) is 9.59 Å². The maximum atomic E-state index is 12.9. The Morgan fingerprint density at radius 1 is 1.07 bits per heavy atom. The van der Waals surface area contributed by atoms with Crippen LogP contribution in [0.3, 0.4) is 0 Å². The molecular weight excluding hydrogens is 406 g/mol. The van der Waals surface area contributed by atoms with E-state index in [9.17, 15) is 9.59 Å². The number of pyridine rings is 1. The Hall–Kier alpha value is -2.15. The van der Waals surface area contributed by atoms with Gasteiger partial charge >= 0.3 is 0 Å². The van der Waals surface area contributed by atoms with Crippen LogP contribution in [-0.4, -0.2) is 30.1 Å². The second-order valence-corrected chi connectivity index (χ2v) is 9.25. The van der Waals surface area contributed by atoms with Crippen LogP contribution in [0.5, 0.6) is 0 Å². The van der Waals surface area contributed by atoms with Gasteiger partial charge in [-0.25, -0.2) is 0 Å². The number of nitrogens with one attached hydrogen (secondary N) is 2. The van der Waals surface area contributed by atoms with E-state index in [-0.39, 0.29) is 23.9 Å². The van der Waals surface area contributed by atoms with Crippen molar-refractivity contribution in [1.29, 1.82) is 0 Å². The molecule has 2 N–H and O–H groups in total. The fraction of sp³-hybridized carbons (Fsp3) is 0.364. The summed E-state index contributed by atoms with van der Waals surface area (Å²) in [5, 5.41) is 7.60. The molecule has 0 unspecified atom stereocenters. The van der Waals surface area contributed by atoms with Gasteiger partial charge in [-0.2, -0.15) is 0 Å². The Morgan fingerprint density at radius 2 is 1.97 bits per heavy atom. The third-order valence-electron chi connectivity index (χ3n) is 6.45. The van der Waals surface area contributed by atoms with Gasteiger partial charge in [-0.1, -0.05) is 6.07 Å². The number of benzene rings is 1. The highest BCUT2D eigenvalue weighted by Gasteiger charge is 2.31. The minimum absolute atomic E-state index is 0. The van der Waals surface area contributed by atoms with E-state index in [1.165, 1.54) is 6.42 Å². The highest BCUT2D eigenvalue weighted by atomic mass is 35.5. The smallest absolute Gasteiger partial charge is 0.261 e. The normalized spacial score (nSPS) is 22.4. The highest BCUT2D eigenvalue weighted by Crippen LogP contribution is 2.37. The van der Waals surface area contributed by atoms with Crippen molar-refractivity contribution in [2.75, 3.05) is 19.6 Å². The van der Waals surface area contributed by atoms with Gasteiger partial charge in [0.05, 0.1) is 4.88 Å². The lowest BCUT2D eigenvalue weighted by molar-refractivity contribution is 0.0951. The summed E-state index contributed by atoms with van der Waals surface area (Å²) in [4.78, 5) is 25.9. The minimum Gasteiger partial charge on any atom is -0.351 e. The van der Waals surface area contributed by atoms with Gasteiger partial charge in [0.1, 0.15) is 0 Å². The van der Waals surface area contributed by atoms with E-state index in [4.69, 9.17) is 0 Å². The number of thiophene rings is 1. The van der Waals surface area contributed by atoms with Gasteiger partial charge in [0.2, 0.25) is 0 Å². The number of hydrogen-bond donors (Lipinski definition) is 2. The first-order chi connectivity index (χ1) is 13.7. The third kappa shape index (κ3) is 2.93. The van der Waals surface area contributed by atoms with E-state index in [2.05, 4.69) is 34.9 Å². The van der Waals surface area contributed by atoms with Gasteiger partial charge in [-0.15, -0.1) is 23.7 Å². The van der Waals surface area contributed by atoms with Crippen molar-refractivity contribution in [3.63, 3.8) is 0 Å². The lowest BCUT2D eigenvalue weighted by Gasteiger charge is -2.37. The largest absolute Gasteiger partial charge is 0.351 e. The summed E-state index contributed by atoms with van der Waals surface area (Å²) in [7, 11) is 0. The number of carbonyl (C=O) groups is 1. The van der Waals surface area contributed by atoms with Crippen LogP contribution in [0.4, 0.5) is 0 Å². The number of rotatable bonds is 1. The van der Waals surface area contributed by atoms with Crippen LogP contribution < -0.4 is 16.2 Å². The molecule has 29 heavy (non-hydrogen) atoms. The molecule has 3 aliphatic rings. The highest BCUT2D eigenvalue weighted by molar-refractivity contribution is 7.21. The van der Waals surface area contributed by atoms with E-state index in [0.29, 0.717) is 18.4 Å². The molecule has 6 rings (SSSR count). The molecular formula is C22H22ClN3O2S. The minimum atomic E-state index is 0. The fourth-order valence-electron chi connectivity index (χ4n) is 5.11. The van der Waals surface area contributed by atoms with Crippen molar-refractivity contribution < 1.29 is 4.79 Å². The number of fused-ring (bicyclic) bond motifs is 7. The van der Waals surface area contributed by atoms with E-state index in [0.717, 1.165) is 63.4 Å². The summed E-state index contributed by atoms with van der Waals surface area (Å²) in [6.45, 7) is 3.48. The summed E-state index contributed by atoms with van der Waals surface area (Å²) in [5.74, 6) is 1.02. The number of halogens is 1. The number of aromatic nitrogens is 1. The molecule has 3 aliphatic heterocycles. The van der Waals surface area contributed by atoms with Crippen LogP contribution in [0.25, 0.3) is 21.2 Å². The fourth-order valence-corrected chi connectivity index (χ4v) is 6.26. The second kappa shape index (κ2) is 6.97. The van der Waals surface area contributed by atoms with Gasteiger partial charge in [-0.05, 0) is 65.6 Å². The summed E-state index contributed by atoms with van der Waals surface area (Å²) >= 11 is 1.56. The van der Waals surface area contributed by atoms with E-state index in [1.54, 1.807) is 17.4 Å². The van der Waals surface area contributed by atoms with Crippen LogP contribution >= 0.6 is 23.7 Å². The van der Waals surface area contributed by atoms with Crippen molar-refractivity contribution >= 4 is 39.7 Å². The number of amides is 1. The molecule has 0 aliphatic carbocycles. The third-order valence-corrected chi connectivity index (χ3v) is 7.66. The molecule has 2 bridgehead atoms. The molecule has 0 saturated carbocycles. The average Bonchev–Trinajstić information content (AvgIpc) is 3.08. The Bertz CT molecular complexity index is 1200. The summed E-state index contributed by atoms with van der Waals surface area (Å²) in [6, 6.07) is 10.3. The molecule has 1 aromatic carbocycles. The maximum Gasteiger partial charge on any atom is 0.261 e. The molecule has 3 aromatic rings. The number of hydrogen-bond acceptors (Lipinski definition) is 4. The molecule has 150 valence electrons. The predicted octanol–water partition coefficient (Wildman–Crippen LogP) is 3.14. The first kappa shape index (κ1) is 18.9. The van der Waals surface area contributed by atoms with E-state index in [1.807, 2.05) is 4.57 Å². The van der Waals surface area contributed by atoms with Gasteiger partial charge in [0, 0.05) is 42.0 Å². The summed E-state index contributed by atoms with van der Waals surface area (Å²) in [5.41, 5.74) is 4.47. The van der Waals surface area contributed by atoms with Crippen molar-refractivity contribution in [2.24, 2.45) is 5.92 Å². The molecule has 1 amide bonds. The predicted molar refractivity (Wildman–Crippen MR) is 119 cm³/mol. The monoisotopic (exact) mass is 427 g/mol. The Kier molecular flexibility index (Phi) is 4.53. The van der Waals surface area contributed by atoms with E-state index < -0.39 is 0 Å². The Morgan fingerprint density at radius 3 is 2.86 bits per heavy atom. The van der Waals surface area contributed by atoms with Gasteiger partial charge in [0.15, 0.2) is 0 Å². The molecule has 7 heteroatoms. The van der Waals surface area contributed by atoms with Crippen molar-refractivity contribution in [3.8, 4) is 11.1 Å². The van der Waals surface area contributed by atoms with Crippen molar-refractivity contribution in [1.82, 2.24) is 15.2 Å². The topological polar surface area (TPSA) is 63.1 Å². The zero-order chi connectivity index (χ0) is 18.8. The molecule has 1 saturated heterocycles. The number of carbonyl (C=O) groups excluding carboxylic acids is 1. The molecule has 0 radical (unpaired) electrons. The Balaban J connectivity index is 0.00000181. The zero-order valence-electron chi connectivity index (χ0n) is 15.9. The maximum absolute atomic E-state index is 12.9. The first-order valence-corrected chi connectivity index (χ1v) is 10.8. The summed E-state index contributed by atoms with van der Waals surface area (Å²) in [6.07, 6.45) is 2.04. The summed E-state index contributed by atoms with van der Waals surface area (Å²) < 4.78 is 3.12. The standard InChI is InChI=1S/C22H21N3O2S.ClH/c26-20-8-14(7-18-15-5-12(9-23-10-15)11-25(18)20)13-1-2-19-17(6-13)16-3-4-24-22(27)21(16)28-19;/h1-2,6-8,12,15,23H,3-5,9-11H2,(H,24,27);1H/t12-,15+;/m0./s1. The Labute approximate surface area is 178 Å². The molecule has 1 fully saturated rings. The molecule has 2 atom stereocenters. The quantitative estimate of drug-likeness (QED) is 0.627. The van der Waals surface area contributed by atoms with Gasteiger partial charge < -0.3 is 15.2 Å².